The van der Waals surface area contributed by atoms with Gasteiger partial charge in [-0.2, -0.15) is 20.2 Å². The van der Waals surface area contributed by atoms with E-state index in [2.05, 4.69) is 47.6 Å². The van der Waals surface area contributed by atoms with Crippen LogP contribution in [0.15, 0.2) is 22.7 Å². The Morgan fingerprint density at radius 2 is 2.05 bits per heavy atom. The van der Waals surface area contributed by atoms with Crippen LogP contribution < -0.4 is 10.6 Å². The molecular weight excluding hydrogens is 356 g/mol. The van der Waals surface area contributed by atoms with Gasteiger partial charge in [-0.05, 0) is 36.2 Å². The van der Waals surface area contributed by atoms with Gasteiger partial charge in [0, 0.05) is 11.0 Å². The molecule has 1 aromatic heterocycles. The zero-order valence-corrected chi connectivity index (χ0v) is 13.5. The molecule has 0 saturated heterocycles. The van der Waals surface area contributed by atoms with Crippen LogP contribution in [-0.2, 0) is 0 Å². The van der Waals surface area contributed by atoms with Crippen LogP contribution in [0, 0.1) is 11.3 Å². The molecule has 0 saturated carbocycles. The van der Waals surface area contributed by atoms with Crippen molar-refractivity contribution in [3.05, 3.63) is 33.5 Å². The predicted octanol–water partition coefficient (Wildman–Crippen LogP) is 3.72. The summed E-state index contributed by atoms with van der Waals surface area (Å²) >= 11 is 9.24. The molecule has 2 aromatic rings. The highest BCUT2D eigenvalue weighted by molar-refractivity contribution is 9.10. The van der Waals surface area contributed by atoms with Crippen LogP contribution in [0.2, 0.25) is 5.28 Å². The number of anilines is 3. The van der Waals surface area contributed by atoms with Crippen molar-refractivity contribution >= 4 is 45.1 Å². The summed E-state index contributed by atoms with van der Waals surface area (Å²) in [7, 11) is 0. The molecule has 0 radical (unpaired) electrons. The lowest BCUT2D eigenvalue weighted by Gasteiger charge is -2.09. The van der Waals surface area contributed by atoms with Gasteiger partial charge in [-0.1, -0.05) is 22.9 Å². The molecule has 8 heteroatoms. The van der Waals surface area contributed by atoms with Gasteiger partial charge in [0.1, 0.15) is 6.07 Å². The van der Waals surface area contributed by atoms with Gasteiger partial charge >= 0.3 is 0 Å². The largest absolute Gasteiger partial charge is 0.354 e. The Morgan fingerprint density at radius 1 is 1.29 bits per heavy atom. The lowest BCUT2D eigenvalue weighted by molar-refractivity contribution is 0.940. The highest BCUT2D eigenvalue weighted by Crippen LogP contribution is 2.23. The van der Waals surface area contributed by atoms with E-state index in [1.807, 2.05) is 6.92 Å². The summed E-state index contributed by atoms with van der Waals surface area (Å²) in [5.74, 6) is 0.677. The molecule has 21 heavy (non-hydrogen) atoms. The number of rotatable bonds is 5. The lowest BCUT2D eigenvalue weighted by Crippen LogP contribution is -2.08. The van der Waals surface area contributed by atoms with E-state index in [1.165, 1.54) is 0 Å². The summed E-state index contributed by atoms with van der Waals surface area (Å²) in [6, 6.07) is 7.37. The Labute approximate surface area is 135 Å². The second-order valence-corrected chi connectivity index (χ2v) is 5.36. The fourth-order valence-corrected chi connectivity index (χ4v) is 2.08. The van der Waals surface area contributed by atoms with Gasteiger partial charge in [0.05, 0.1) is 11.3 Å². The van der Waals surface area contributed by atoms with Crippen molar-refractivity contribution in [1.29, 1.82) is 5.26 Å². The summed E-state index contributed by atoms with van der Waals surface area (Å²) in [5.41, 5.74) is 1.08. The Balaban J connectivity index is 2.29. The molecule has 2 rings (SSSR count). The van der Waals surface area contributed by atoms with Crippen molar-refractivity contribution in [2.24, 2.45) is 0 Å². The number of hydrogen-bond acceptors (Lipinski definition) is 6. The Bertz CT molecular complexity index is 685. The summed E-state index contributed by atoms with van der Waals surface area (Å²) in [5, 5.41) is 15.2. The maximum absolute atomic E-state index is 9.12. The first-order valence-electron chi connectivity index (χ1n) is 6.24. The molecule has 108 valence electrons. The molecule has 2 N–H and O–H groups in total. The third kappa shape index (κ3) is 4.28. The van der Waals surface area contributed by atoms with Gasteiger partial charge in [0.15, 0.2) is 0 Å². The molecule has 0 atom stereocenters. The van der Waals surface area contributed by atoms with Crippen LogP contribution in [0.1, 0.15) is 18.9 Å². The van der Waals surface area contributed by atoms with E-state index in [9.17, 15) is 0 Å². The van der Waals surface area contributed by atoms with E-state index in [0.717, 1.165) is 17.4 Å². The highest BCUT2D eigenvalue weighted by atomic mass is 79.9. The number of nitrogens with zero attached hydrogens (tertiary/aromatic N) is 4. The van der Waals surface area contributed by atoms with E-state index in [4.69, 9.17) is 16.9 Å². The summed E-state index contributed by atoms with van der Waals surface area (Å²) in [6.45, 7) is 2.77. The summed E-state index contributed by atoms with van der Waals surface area (Å²) in [6.07, 6.45) is 0.941. The number of benzene rings is 1. The molecule has 0 unspecified atom stereocenters. The number of nitrogens with one attached hydrogen (secondary N) is 2. The van der Waals surface area contributed by atoms with Gasteiger partial charge in [-0.3, -0.25) is 0 Å². The molecule has 0 amide bonds. The minimum Gasteiger partial charge on any atom is -0.354 e. The SMILES string of the molecule is CCCNc1nc(Cl)nc(Nc2cc(Br)ccc2C#N)n1. The molecular formula is C13H12BrClN6. The maximum Gasteiger partial charge on any atom is 0.233 e. The van der Waals surface area contributed by atoms with Gasteiger partial charge in [0.2, 0.25) is 17.2 Å². The Morgan fingerprint density at radius 3 is 2.76 bits per heavy atom. The number of nitriles is 1. The van der Waals surface area contributed by atoms with E-state index >= 15 is 0 Å². The van der Waals surface area contributed by atoms with Crippen LogP contribution in [0.5, 0.6) is 0 Å². The second-order valence-electron chi connectivity index (χ2n) is 4.11. The van der Waals surface area contributed by atoms with E-state index in [1.54, 1.807) is 18.2 Å². The molecule has 0 fully saturated rings. The quantitative estimate of drug-likeness (QED) is 0.837. The zero-order valence-electron chi connectivity index (χ0n) is 11.2. The monoisotopic (exact) mass is 366 g/mol. The van der Waals surface area contributed by atoms with E-state index in [0.29, 0.717) is 17.2 Å². The Kier molecular flexibility index (Phi) is 5.31. The van der Waals surface area contributed by atoms with E-state index in [-0.39, 0.29) is 11.2 Å². The maximum atomic E-state index is 9.12. The smallest absolute Gasteiger partial charge is 0.233 e. The normalized spacial score (nSPS) is 10.0. The molecule has 1 heterocycles. The Hall–Kier alpha value is -1.91. The molecule has 0 aliphatic carbocycles. The fraction of sp³-hybridized carbons (Fsp3) is 0.231. The zero-order chi connectivity index (χ0) is 15.2. The van der Waals surface area contributed by atoms with Crippen molar-refractivity contribution in [2.75, 3.05) is 17.2 Å². The highest BCUT2D eigenvalue weighted by Gasteiger charge is 2.08. The number of aromatic nitrogens is 3. The molecule has 0 aliphatic heterocycles. The van der Waals surface area contributed by atoms with Crippen LogP contribution >= 0.6 is 27.5 Å². The van der Waals surface area contributed by atoms with Gasteiger partial charge < -0.3 is 10.6 Å². The average molecular weight is 368 g/mol. The molecule has 0 aliphatic rings. The van der Waals surface area contributed by atoms with Crippen LogP contribution in [-0.4, -0.2) is 21.5 Å². The van der Waals surface area contributed by atoms with E-state index < -0.39 is 0 Å². The van der Waals surface area contributed by atoms with Crippen LogP contribution in [0.3, 0.4) is 0 Å². The summed E-state index contributed by atoms with van der Waals surface area (Å²) in [4.78, 5) is 12.2. The van der Waals surface area contributed by atoms with Gasteiger partial charge in [-0.15, -0.1) is 0 Å². The summed E-state index contributed by atoms with van der Waals surface area (Å²) < 4.78 is 0.841. The standard InChI is InChI=1S/C13H12BrClN6/c1-2-5-17-12-19-11(15)20-13(21-12)18-10-6-9(14)4-3-8(10)7-16/h3-4,6H,2,5H2,1H3,(H2,17,18,19,20,21). The average Bonchev–Trinajstić information content (AvgIpc) is 2.45. The number of hydrogen-bond donors (Lipinski definition) is 2. The minimum absolute atomic E-state index is 0.0830. The predicted molar refractivity (Wildman–Crippen MR) is 85.8 cm³/mol. The molecule has 0 bridgehead atoms. The first-order valence-corrected chi connectivity index (χ1v) is 7.41. The third-order valence-corrected chi connectivity index (χ3v) is 3.15. The number of halogens is 2. The minimum atomic E-state index is 0.0830. The van der Waals surface area contributed by atoms with Crippen LogP contribution in [0.4, 0.5) is 17.6 Å². The van der Waals surface area contributed by atoms with Crippen LogP contribution in [0.25, 0.3) is 0 Å². The van der Waals surface area contributed by atoms with Crippen molar-refractivity contribution in [2.45, 2.75) is 13.3 Å². The van der Waals surface area contributed by atoms with Crippen molar-refractivity contribution in [1.82, 2.24) is 15.0 Å². The first kappa shape index (κ1) is 15.5. The van der Waals surface area contributed by atoms with Crippen molar-refractivity contribution in [3.8, 4) is 6.07 Å². The molecule has 0 spiro atoms. The van der Waals surface area contributed by atoms with Crippen molar-refractivity contribution < 1.29 is 0 Å². The topological polar surface area (TPSA) is 86.5 Å². The first-order chi connectivity index (χ1) is 10.1. The van der Waals surface area contributed by atoms with Crippen molar-refractivity contribution in [3.63, 3.8) is 0 Å². The third-order valence-electron chi connectivity index (χ3n) is 2.49. The van der Waals surface area contributed by atoms with Gasteiger partial charge in [-0.25, -0.2) is 0 Å². The molecule has 6 nitrogen and oxygen atoms in total. The fourth-order valence-electron chi connectivity index (χ4n) is 1.56. The second kappa shape index (κ2) is 7.20. The van der Waals surface area contributed by atoms with Gasteiger partial charge in [0.25, 0.3) is 0 Å². The lowest BCUT2D eigenvalue weighted by atomic mass is 10.2. The molecule has 1 aromatic carbocycles.